The fraction of sp³-hybridized carbons (Fsp3) is 0.385. The fourth-order valence-electron chi connectivity index (χ4n) is 2.21. The Balaban J connectivity index is 2.70. The lowest BCUT2D eigenvalue weighted by Gasteiger charge is -2.21. The number of para-hydroxylation sites is 1. The molecule has 2 rings (SSSR count). The van der Waals surface area contributed by atoms with Crippen molar-refractivity contribution >= 4 is 20.8 Å². The lowest BCUT2D eigenvalue weighted by Crippen LogP contribution is -2.20. The molecule has 3 heteroatoms. The Labute approximate surface area is 97.7 Å². The minimum Gasteiger partial charge on any atom is -0.338 e. The van der Waals surface area contributed by atoms with Crippen LogP contribution in [0.2, 0.25) is 0 Å². The summed E-state index contributed by atoms with van der Waals surface area (Å²) in [6.45, 7) is 4.03. The molecule has 2 nitrogen and oxygen atoms in total. The first-order valence-corrected chi connectivity index (χ1v) is 7.83. The second-order valence-corrected chi connectivity index (χ2v) is 7.64. The van der Waals surface area contributed by atoms with Crippen LogP contribution in [0.3, 0.4) is 0 Å². The first kappa shape index (κ1) is 11.4. The van der Waals surface area contributed by atoms with Gasteiger partial charge in [0.25, 0.3) is 0 Å². The van der Waals surface area contributed by atoms with Gasteiger partial charge in [0.05, 0.1) is 5.03 Å². The summed E-state index contributed by atoms with van der Waals surface area (Å²) in [5.74, 6) is 1.49. The number of hydrogen-bond acceptors (Lipinski definition) is 1. The van der Waals surface area contributed by atoms with E-state index in [1.54, 1.807) is 0 Å². The molecule has 0 atom stereocenters. The van der Waals surface area contributed by atoms with Crippen LogP contribution in [0.1, 0.15) is 13.8 Å². The maximum absolute atomic E-state index is 12.7. The predicted octanol–water partition coefficient (Wildman–Crippen LogP) is 2.59. The van der Waals surface area contributed by atoms with Crippen LogP contribution < -0.4 is 0 Å². The molecule has 0 saturated carbocycles. The molecule has 0 bridgehead atoms. The molecule has 0 aliphatic heterocycles. The third kappa shape index (κ3) is 1.59. The number of benzene rings is 1. The van der Waals surface area contributed by atoms with Gasteiger partial charge in [-0.25, -0.2) is 0 Å². The summed E-state index contributed by atoms with van der Waals surface area (Å²) in [6.07, 6.45) is 0. The van der Waals surface area contributed by atoms with Gasteiger partial charge >= 0.3 is 0 Å². The van der Waals surface area contributed by atoms with Crippen molar-refractivity contribution in [1.82, 2.24) is 4.57 Å². The molecule has 2 aromatic rings. The molecule has 0 unspecified atom stereocenters. The number of aryl methyl sites for hydroxylation is 1. The van der Waals surface area contributed by atoms with E-state index in [9.17, 15) is 4.21 Å². The quantitative estimate of drug-likeness (QED) is 0.814. The van der Waals surface area contributed by atoms with Crippen LogP contribution in [0.25, 0.3) is 10.9 Å². The Hall–Kier alpha value is -1.09. The van der Waals surface area contributed by atoms with Crippen LogP contribution >= 0.6 is 0 Å². The third-order valence-corrected chi connectivity index (χ3v) is 6.67. The van der Waals surface area contributed by atoms with Crippen LogP contribution in [0.4, 0.5) is 0 Å². The Kier molecular flexibility index (Phi) is 2.89. The summed E-state index contributed by atoms with van der Waals surface area (Å²) in [6, 6.07) is 10.3. The molecule has 16 heavy (non-hydrogen) atoms. The molecule has 88 valence electrons. The second kappa shape index (κ2) is 4.06. The Morgan fingerprint density at radius 2 is 1.81 bits per heavy atom. The van der Waals surface area contributed by atoms with Gasteiger partial charge in [0, 0.05) is 29.5 Å². The lowest BCUT2D eigenvalue weighted by molar-refractivity contribution is 0.662. The van der Waals surface area contributed by atoms with Gasteiger partial charge in [0.1, 0.15) is 0 Å². The maximum atomic E-state index is 12.7. The number of nitrogens with zero attached hydrogens (tertiary/aromatic N) is 1. The third-order valence-electron chi connectivity index (χ3n) is 3.37. The van der Waals surface area contributed by atoms with Crippen LogP contribution in [-0.4, -0.2) is 20.3 Å². The Morgan fingerprint density at radius 1 is 1.19 bits per heavy atom. The van der Waals surface area contributed by atoms with Gasteiger partial charge in [0.15, 0.2) is 0 Å². The molecule has 1 aromatic heterocycles. The first-order valence-electron chi connectivity index (χ1n) is 5.75. The molecule has 0 aliphatic carbocycles. The van der Waals surface area contributed by atoms with E-state index >= 15 is 0 Å². The van der Waals surface area contributed by atoms with Crippen molar-refractivity contribution in [3.63, 3.8) is 0 Å². The highest BCUT2D eigenvalue weighted by Crippen LogP contribution is 2.26. The lowest BCUT2D eigenvalue weighted by atomic mass is 10.2. The second-order valence-electron chi connectivity index (χ2n) is 4.14. The molecular weight excluding hydrogens is 218 g/mol. The number of fused-ring (bicyclic) bond motifs is 1. The van der Waals surface area contributed by atoms with Crippen LogP contribution in [0, 0.1) is 0 Å². The minimum atomic E-state index is -2.18. The van der Waals surface area contributed by atoms with Crippen molar-refractivity contribution < 1.29 is 4.21 Å². The van der Waals surface area contributed by atoms with Gasteiger partial charge < -0.3 is 4.57 Å². The molecule has 0 saturated heterocycles. The van der Waals surface area contributed by atoms with Crippen LogP contribution in [-0.2, 0) is 17.0 Å². The number of hydrogen-bond donors (Lipinski definition) is 1. The van der Waals surface area contributed by atoms with Crippen LogP contribution in [0.15, 0.2) is 35.4 Å². The van der Waals surface area contributed by atoms with E-state index in [1.165, 1.54) is 10.9 Å². The molecule has 0 amide bonds. The fourth-order valence-corrected chi connectivity index (χ4v) is 4.34. The largest absolute Gasteiger partial charge is 0.338 e. The van der Waals surface area contributed by atoms with E-state index in [2.05, 4.69) is 22.8 Å². The zero-order valence-electron chi connectivity index (χ0n) is 10.1. The topological polar surface area (TPSA) is 22.0 Å². The van der Waals surface area contributed by atoms with Crippen molar-refractivity contribution in [2.75, 3.05) is 11.5 Å². The van der Waals surface area contributed by atoms with Gasteiger partial charge in [-0.05, 0) is 12.1 Å². The van der Waals surface area contributed by atoms with E-state index in [0.29, 0.717) is 0 Å². The standard InChI is InChI=1S/C13H19NOS/c1-4-16(15,5-2)13-10-11-8-6-7-9-12(11)14(13)3/h6-10,16H,4-5H2,1-3H3. The summed E-state index contributed by atoms with van der Waals surface area (Å²) < 4.78 is 14.8. The predicted molar refractivity (Wildman–Crippen MR) is 71.8 cm³/mol. The summed E-state index contributed by atoms with van der Waals surface area (Å²) >= 11 is 0. The van der Waals surface area contributed by atoms with Gasteiger partial charge in [-0.1, -0.05) is 42.0 Å². The number of aromatic nitrogens is 1. The van der Waals surface area contributed by atoms with Gasteiger partial charge in [-0.2, -0.15) is 0 Å². The zero-order valence-corrected chi connectivity index (χ0v) is 11.0. The van der Waals surface area contributed by atoms with Crippen LogP contribution in [0.5, 0.6) is 0 Å². The highest BCUT2D eigenvalue weighted by Gasteiger charge is 2.18. The highest BCUT2D eigenvalue weighted by atomic mass is 32.2. The summed E-state index contributed by atoms with van der Waals surface area (Å²) in [5.41, 5.74) is 1.17. The molecule has 1 heterocycles. The minimum absolute atomic E-state index is 0.744. The highest BCUT2D eigenvalue weighted by molar-refractivity contribution is 8.02. The van der Waals surface area contributed by atoms with Gasteiger partial charge in [0.2, 0.25) is 0 Å². The number of rotatable bonds is 3. The summed E-state index contributed by atoms with van der Waals surface area (Å²) in [7, 11) is -0.171. The summed E-state index contributed by atoms with van der Waals surface area (Å²) in [5, 5.41) is 2.20. The first-order chi connectivity index (χ1) is 7.62. The van der Waals surface area contributed by atoms with Gasteiger partial charge in [-0.3, -0.25) is 4.21 Å². The molecule has 0 fully saturated rings. The van der Waals surface area contributed by atoms with Crippen molar-refractivity contribution in [2.45, 2.75) is 18.9 Å². The molecular formula is C13H19NOS. The van der Waals surface area contributed by atoms with E-state index in [-0.39, 0.29) is 0 Å². The van der Waals surface area contributed by atoms with Gasteiger partial charge in [-0.15, -0.1) is 0 Å². The Morgan fingerprint density at radius 3 is 2.38 bits per heavy atom. The molecule has 0 radical (unpaired) electrons. The molecule has 0 N–H and O–H groups in total. The van der Waals surface area contributed by atoms with Crippen molar-refractivity contribution in [3.05, 3.63) is 30.3 Å². The molecule has 1 aromatic carbocycles. The Bertz CT molecular complexity index is 548. The maximum Gasteiger partial charge on any atom is 0.0827 e. The van der Waals surface area contributed by atoms with E-state index < -0.39 is 9.93 Å². The zero-order chi connectivity index (χ0) is 11.8. The average molecular weight is 237 g/mol. The molecule has 0 aliphatic rings. The van der Waals surface area contributed by atoms with E-state index in [0.717, 1.165) is 16.5 Å². The normalized spacial score (nSPS) is 13.2. The monoisotopic (exact) mass is 237 g/mol. The van der Waals surface area contributed by atoms with E-state index in [1.807, 2.05) is 33.0 Å². The molecule has 0 spiro atoms. The number of thiol groups is 1. The van der Waals surface area contributed by atoms with Crippen molar-refractivity contribution in [2.24, 2.45) is 7.05 Å². The van der Waals surface area contributed by atoms with Crippen molar-refractivity contribution in [3.8, 4) is 0 Å². The van der Waals surface area contributed by atoms with E-state index in [4.69, 9.17) is 0 Å². The smallest absolute Gasteiger partial charge is 0.0827 e. The summed E-state index contributed by atoms with van der Waals surface area (Å²) in [4.78, 5) is 0. The van der Waals surface area contributed by atoms with Crippen molar-refractivity contribution in [1.29, 1.82) is 0 Å². The SMILES string of the molecule is CC[SH](=O)(CC)c1cc2ccccc2n1C. The average Bonchev–Trinajstić information content (AvgIpc) is 2.67.